The minimum Gasteiger partial charge on any atom is -0.304 e. The first-order chi connectivity index (χ1) is 9.70. The van der Waals surface area contributed by atoms with Crippen molar-refractivity contribution in [2.75, 3.05) is 5.32 Å². The van der Waals surface area contributed by atoms with Gasteiger partial charge < -0.3 is 5.32 Å². The molecule has 0 bridgehead atoms. The molecule has 20 heavy (non-hydrogen) atoms. The van der Waals surface area contributed by atoms with Gasteiger partial charge in [0.2, 0.25) is 0 Å². The number of carbonyl (C=O) groups excluding carboxylic acids is 1. The summed E-state index contributed by atoms with van der Waals surface area (Å²) in [5, 5.41) is 22.8. The first-order valence-corrected chi connectivity index (χ1v) is 5.87. The maximum Gasteiger partial charge on any atom is 0.277 e. The number of nitrogens with zero attached hydrogens (tertiary/aromatic N) is 4. The number of aromatic nitrogens is 4. The molecule has 0 aliphatic heterocycles. The van der Waals surface area contributed by atoms with E-state index in [2.05, 4.69) is 20.6 Å². The Bertz CT molecular complexity index is 838. The number of hydrogen-bond acceptors (Lipinski definition) is 4. The number of rotatable bonds is 2. The van der Waals surface area contributed by atoms with Crippen LogP contribution in [0, 0.1) is 11.3 Å². The minimum atomic E-state index is -0.387. The van der Waals surface area contributed by atoms with Crippen molar-refractivity contribution in [1.29, 1.82) is 5.26 Å². The Labute approximate surface area is 113 Å². The van der Waals surface area contributed by atoms with Crippen LogP contribution < -0.4 is 5.32 Å². The summed E-state index contributed by atoms with van der Waals surface area (Å²) in [6.45, 7) is 0. The lowest BCUT2D eigenvalue weighted by Gasteiger charge is -2.00. The number of para-hydroxylation sites is 1. The molecule has 1 amide bonds. The van der Waals surface area contributed by atoms with Crippen LogP contribution in [0.25, 0.3) is 10.9 Å². The summed E-state index contributed by atoms with van der Waals surface area (Å²) in [6, 6.07) is 9.38. The van der Waals surface area contributed by atoms with Crippen molar-refractivity contribution < 1.29 is 4.79 Å². The van der Waals surface area contributed by atoms with E-state index < -0.39 is 0 Å². The summed E-state index contributed by atoms with van der Waals surface area (Å²) in [7, 11) is 1.77. The van der Waals surface area contributed by atoms with Gasteiger partial charge in [-0.3, -0.25) is 14.6 Å². The molecular weight excluding hydrogens is 256 g/mol. The van der Waals surface area contributed by atoms with Crippen LogP contribution in [0.1, 0.15) is 16.1 Å². The molecule has 3 rings (SSSR count). The molecule has 0 saturated heterocycles. The minimum absolute atomic E-state index is 0.271. The van der Waals surface area contributed by atoms with Crippen LogP contribution in [0.3, 0.4) is 0 Å². The summed E-state index contributed by atoms with van der Waals surface area (Å²) >= 11 is 0. The van der Waals surface area contributed by atoms with E-state index >= 15 is 0 Å². The Hall–Kier alpha value is -3.14. The number of aryl methyl sites for hydroxylation is 1. The van der Waals surface area contributed by atoms with Gasteiger partial charge >= 0.3 is 0 Å². The van der Waals surface area contributed by atoms with Gasteiger partial charge in [-0.2, -0.15) is 15.5 Å². The molecular formula is C13H10N6O. The van der Waals surface area contributed by atoms with Gasteiger partial charge in [0.05, 0.1) is 11.7 Å². The summed E-state index contributed by atoms with van der Waals surface area (Å²) in [5.74, 6) is -0.116. The number of amides is 1. The molecule has 3 aromatic rings. The van der Waals surface area contributed by atoms with Crippen molar-refractivity contribution >= 4 is 22.6 Å². The first-order valence-electron chi connectivity index (χ1n) is 5.87. The largest absolute Gasteiger partial charge is 0.304 e. The van der Waals surface area contributed by atoms with Gasteiger partial charge in [-0.25, -0.2) is 0 Å². The number of nitrogens with one attached hydrogen (secondary N) is 2. The number of benzene rings is 1. The van der Waals surface area contributed by atoms with Crippen LogP contribution in [0.4, 0.5) is 5.82 Å². The SMILES string of the molecule is Cn1nc(C(=O)Nc2[nH]ncc2C#N)c2ccccc21. The van der Waals surface area contributed by atoms with Gasteiger partial charge in [0.15, 0.2) is 5.69 Å². The molecule has 0 atom stereocenters. The highest BCUT2D eigenvalue weighted by molar-refractivity contribution is 6.11. The second-order valence-electron chi connectivity index (χ2n) is 4.21. The van der Waals surface area contributed by atoms with Crippen molar-refractivity contribution in [1.82, 2.24) is 20.0 Å². The van der Waals surface area contributed by atoms with Crippen LogP contribution in [0.5, 0.6) is 0 Å². The van der Waals surface area contributed by atoms with E-state index in [1.165, 1.54) is 6.20 Å². The number of fused-ring (bicyclic) bond motifs is 1. The van der Waals surface area contributed by atoms with Crippen molar-refractivity contribution in [3.05, 3.63) is 41.7 Å². The van der Waals surface area contributed by atoms with Crippen molar-refractivity contribution in [3.8, 4) is 6.07 Å². The zero-order chi connectivity index (χ0) is 14.1. The molecule has 0 saturated carbocycles. The van der Waals surface area contributed by atoms with Crippen LogP contribution in [-0.2, 0) is 7.05 Å². The molecule has 0 radical (unpaired) electrons. The highest BCUT2D eigenvalue weighted by Gasteiger charge is 2.17. The van der Waals surface area contributed by atoms with Crippen molar-refractivity contribution in [3.63, 3.8) is 0 Å². The molecule has 2 aromatic heterocycles. The molecule has 98 valence electrons. The van der Waals surface area contributed by atoms with Gasteiger partial charge in [0.1, 0.15) is 17.5 Å². The standard InChI is InChI=1S/C13H10N6O/c1-19-10-5-3-2-4-9(10)11(18-19)13(20)16-12-8(6-14)7-15-17-12/h2-5,7H,1H3,(H2,15,16,17,20). The van der Waals surface area contributed by atoms with Gasteiger partial charge in [0, 0.05) is 12.4 Å². The first kappa shape index (κ1) is 11.9. The fourth-order valence-electron chi connectivity index (χ4n) is 2.02. The summed E-state index contributed by atoms with van der Waals surface area (Å²) < 4.78 is 1.64. The van der Waals surface area contributed by atoms with Gasteiger partial charge in [-0.05, 0) is 6.07 Å². The Morgan fingerprint density at radius 2 is 2.25 bits per heavy atom. The third-order valence-corrected chi connectivity index (χ3v) is 2.97. The number of anilines is 1. The number of aromatic amines is 1. The molecule has 0 aliphatic carbocycles. The third kappa shape index (κ3) is 1.80. The molecule has 0 aliphatic rings. The highest BCUT2D eigenvalue weighted by atomic mass is 16.2. The average molecular weight is 266 g/mol. The lowest BCUT2D eigenvalue weighted by atomic mass is 10.2. The Kier molecular flexibility index (Phi) is 2.69. The second kappa shape index (κ2) is 4.51. The predicted octanol–water partition coefficient (Wildman–Crippen LogP) is 1.42. The Morgan fingerprint density at radius 3 is 3.05 bits per heavy atom. The van der Waals surface area contributed by atoms with Gasteiger partial charge in [0.25, 0.3) is 5.91 Å². The van der Waals surface area contributed by atoms with E-state index in [4.69, 9.17) is 5.26 Å². The van der Waals surface area contributed by atoms with E-state index in [-0.39, 0.29) is 17.3 Å². The third-order valence-electron chi connectivity index (χ3n) is 2.97. The predicted molar refractivity (Wildman–Crippen MR) is 72.0 cm³/mol. The average Bonchev–Trinajstić information content (AvgIpc) is 3.04. The van der Waals surface area contributed by atoms with Crippen LogP contribution in [0.15, 0.2) is 30.5 Å². The van der Waals surface area contributed by atoms with E-state index in [1.54, 1.807) is 11.7 Å². The van der Waals surface area contributed by atoms with E-state index in [0.717, 1.165) is 10.9 Å². The van der Waals surface area contributed by atoms with Crippen LogP contribution in [-0.4, -0.2) is 25.9 Å². The Morgan fingerprint density at radius 1 is 1.45 bits per heavy atom. The smallest absolute Gasteiger partial charge is 0.277 e. The fraction of sp³-hybridized carbons (Fsp3) is 0.0769. The number of carbonyl (C=O) groups is 1. The monoisotopic (exact) mass is 266 g/mol. The molecule has 7 nitrogen and oxygen atoms in total. The zero-order valence-electron chi connectivity index (χ0n) is 10.6. The number of hydrogen-bond donors (Lipinski definition) is 2. The summed E-state index contributed by atoms with van der Waals surface area (Å²) in [5.41, 5.74) is 1.45. The van der Waals surface area contributed by atoms with Gasteiger partial charge in [-0.15, -0.1) is 0 Å². The second-order valence-corrected chi connectivity index (χ2v) is 4.21. The lowest BCUT2D eigenvalue weighted by Crippen LogP contribution is -2.14. The highest BCUT2D eigenvalue weighted by Crippen LogP contribution is 2.19. The normalized spacial score (nSPS) is 10.4. The Balaban J connectivity index is 2.00. The van der Waals surface area contributed by atoms with Crippen molar-refractivity contribution in [2.24, 2.45) is 7.05 Å². The van der Waals surface area contributed by atoms with Crippen molar-refractivity contribution in [2.45, 2.75) is 0 Å². The molecule has 0 unspecified atom stereocenters. The molecule has 1 aromatic carbocycles. The molecule has 2 N–H and O–H groups in total. The zero-order valence-corrected chi connectivity index (χ0v) is 10.6. The number of nitriles is 1. The van der Waals surface area contributed by atoms with E-state index in [9.17, 15) is 4.79 Å². The molecule has 2 heterocycles. The van der Waals surface area contributed by atoms with Crippen LogP contribution in [0.2, 0.25) is 0 Å². The van der Waals surface area contributed by atoms with Crippen LogP contribution >= 0.6 is 0 Å². The maximum absolute atomic E-state index is 12.3. The summed E-state index contributed by atoms with van der Waals surface area (Å²) in [6.07, 6.45) is 1.35. The van der Waals surface area contributed by atoms with E-state index in [0.29, 0.717) is 5.69 Å². The molecule has 0 fully saturated rings. The maximum atomic E-state index is 12.3. The van der Waals surface area contributed by atoms with E-state index in [1.807, 2.05) is 30.3 Å². The molecule has 7 heteroatoms. The topological polar surface area (TPSA) is 99.4 Å². The van der Waals surface area contributed by atoms with Gasteiger partial charge in [-0.1, -0.05) is 18.2 Å². The fourth-order valence-corrected chi connectivity index (χ4v) is 2.02. The quantitative estimate of drug-likeness (QED) is 0.732. The lowest BCUT2D eigenvalue weighted by molar-refractivity contribution is 0.102. The summed E-state index contributed by atoms with van der Waals surface area (Å²) in [4.78, 5) is 12.3. The molecule has 0 spiro atoms. The number of H-pyrrole nitrogens is 1.